The van der Waals surface area contributed by atoms with Crippen LogP contribution in [0.5, 0.6) is 0 Å². The standard InChI is InChI=1S/C10H11ClN4O2S/c1-6-3-4-12-10(11)9(6)15-18(16,17)8-5-13-7(2)14-8/h3-5,15H,1-2H3,(H,13,14). The van der Waals surface area contributed by atoms with E-state index in [1.807, 2.05) is 0 Å². The summed E-state index contributed by atoms with van der Waals surface area (Å²) in [5.74, 6) is 0.518. The van der Waals surface area contributed by atoms with Gasteiger partial charge in [0.05, 0.1) is 11.9 Å². The van der Waals surface area contributed by atoms with Gasteiger partial charge in [-0.15, -0.1) is 0 Å². The summed E-state index contributed by atoms with van der Waals surface area (Å²) in [5, 5.41) is 0.0918. The molecule has 0 aromatic carbocycles. The number of aromatic amines is 1. The number of aromatic nitrogens is 3. The van der Waals surface area contributed by atoms with Gasteiger partial charge in [0.25, 0.3) is 10.0 Å². The molecule has 2 aromatic heterocycles. The molecule has 0 bridgehead atoms. The highest BCUT2D eigenvalue weighted by Crippen LogP contribution is 2.25. The third-order valence-corrected chi connectivity index (χ3v) is 3.86. The van der Waals surface area contributed by atoms with E-state index in [1.165, 1.54) is 12.4 Å². The number of aryl methyl sites for hydroxylation is 2. The number of anilines is 1. The van der Waals surface area contributed by atoms with E-state index in [0.29, 0.717) is 11.4 Å². The van der Waals surface area contributed by atoms with Gasteiger partial charge in [-0.05, 0) is 25.5 Å². The number of hydrogen-bond donors (Lipinski definition) is 2. The zero-order valence-corrected chi connectivity index (χ0v) is 11.3. The van der Waals surface area contributed by atoms with Crippen LogP contribution in [0, 0.1) is 13.8 Å². The van der Waals surface area contributed by atoms with Gasteiger partial charge >= 0.3 is 0 Å². The van der Waals surface area contributed by atoms with Gasteiger partial charge in [-0.3, -0.25) is 4.72 Å². The quantitative estimate of drug-likeness (QED) is 0.843. The number of rotatable bonds is 3. The van der Waals surface area contributed by atoms with E-state index in [0.717, 1.165) is 0 Å². The first-order valence-corrected chi connectivity index (χ1v) is 6.92. The van der Waals surface area contributed by atoms with Crippen LogP contribution in [-0.4, -0.2) is 23.4 Å². The summed E-state index contributed by atoms with van der Waals surface area (Å²) < 4.78 is 26.5. The van der Waals surface area contributed by atoms with Crippen molar-refractivity contribution in [3.63, 3.8) is 0 Å². The van der Waals surface area contributed by atoms with Crippen molar-refractivity contribution in [2.45, 2.75) is 18.9 Å². The molecule has 0 aliphatic heterocycles. The van der Waals surface area contributed by atoms with Gasteiger partial charge in [-0.25, -0.2) is 9.97 Å². The number of pyridine rings is 1. The second-order valence-electron chi connectivity index (χ2n) is 3.73. The number of sulfonamides is 1. The molecule has 2 rings (SSSR count). The monoisotopic (exact) mass is 286 g/mol. The van der Waals surface area contributed by atoms with E-state index in [2.05, 4.69) is 19.7 Å². The van der Waals surface area contributed by atoms with Gasteiger partial charge in [0.1, 0.15) is 5.82 Å². The van der Waals surface area contributed by atoms with Crippen LogP contribution in [0.3, 0.4) is 0 Å². The number of H-pyrrole nitrogens is 1. The highest BCUT2D eigenvalue weighted by molar-refractivity contribution is 7.92. The van der Waals surface area contributed by atoms with Crippen LogP contribution < -0.4 is 4.72 Å². The van der Waals surface area contributed by atoms with Gasteiger partial charge in [0.2, 0.25) is 0 Å². The van der Waals surface area contributed by atoms with Crippen LogP contribution in [0.15, 0.2) is 23.5 Å². The molecule has 18 heavy (non-hydrogen) atoms. The third kappa shape index (κ3) is 2.46. The summed E-state index contributed by atoms with van der Waals surface area (Å²) in [6, 6.07) is 1.67. The Bertz CT molecular complexity index is 661. The Morgan fingerprint density at radius 1 is 1.33 bits per heavy atom. The minimum Gasteiger partial charge on any atom is -0.332 e. The van der Waals surface area contributed by atoms with Crippen molar-refractivity contribution in [2.75, 3.05) is 4.72 Å². The second-order valence-corrected chi connectivity index (χ2v) is 5.74. The number of hydrogen-bond acceptors (Lipinski definition) is 4. The lowest BCUT2D eigenvalue weighted by Gasteiger charge is -2.09. The minimum absolute atomic E-state index is 0.0145. The van der Waals surface area contributed by atoms with E-state index in [4.69, 9.17) is 11.6 Å². The van der Waals surface area contributed by atoms with Crippen LogP contribution in [0.4, 0.5) is 5.69 Å². The average Bonchev–Trinajstić information content (AvgIpc) is 2.71. The molecule has 2 heterocycles. The maximum atomic E-state index is 12.1. The molecular weight excluding hydrogens is 276 g/mol. The number of nitrogens with one attached hydrogen (secondary N) is 2. The van der Waals surface area contributed by atoms with E-state index >= 15 is 0 Å². The lowest BCUT2D eigenvalue weighted by Crippen LogP contribution is -2.15. The minimum atomic E-state index is -3.73. The molecule has 0 saturated heterocycles. The smallest absolute Gasteiger partial charge is 0.279 e. The lowest BCUT2D eigenvalue weighted by molar-refractivity contribution is 0.598. The van der Waals surface area contributed by atoms with Crippen molar-refractivity contribution < 1.29 is 8.42 Å². The Morgan fingerprint density at radius 3 is 2.61 bits per heavy atom. The average molecular weight is 287 g/mol. The molecule has 0 spiro atoms. The molecule has 2 N–H and O–H groups in total. The predicted molar refractivity (Wildman–Crippen MR) is 68.1 cm³/mol. The van der Waals surface area contributed by atoms with E-state index in [9.17, 15) is 8.42 Å². The zero-order chi connectivity index (χ0) is 13.3. The van der Waals surface area contributed by atoms with Crippen LogP contribution in [0.25, 0.3) is 0 Å². The molecule has 0 amide bonds. The molecule has 0 unspecified atom stereocenters. The van der Waals surface area contributed by atoms with Crippen molar-refractivity contribution in [3.8, 4) is 0 Å². The lowest BCUT2D eigenvalue weighted by atomic mass is 10.3. The van der Waals surface area contributed by atoms with Gasteiger partial charge in [-0.2, -0.15) is 8.42 Å². The first-order chi connectivity index (χ1) is 8.40. The Hall–Kier alpha value is -1.60. The maximum Gasteiger partial charge on any atom is 0.279 e. The van der Waals surface area contributed by atoms with Crippen molar-refractivity contribution >= 4 is 27.3 Å². The molecule has 0 saturated carbocycles. The topological polar surface area (TPSA) is 87.7 Å². The number of halogens is 1. The van der Waals surface area contributed by atoms with Crippen molar-refractivity contribution in [3.05, 3.63) is 35.0 Å². The second kappa shape index (κ2) is 4.58. The van der Waals surface area contributed by atoms with E-state index < -0.39 is 10.0 Å². The molecule has 6 nitrogen and oxygen atoms in total. The molecule has 0 aliphatic rings. The number of nitrogens with zero attached hydrogens (tertiary/aromatic N) is 2. The fraction of sp³-hybridized carbons (Fsp3) is 0.200. The molecule has 0 fully saturated rings. The fourth-order valence-electron chi connectivity index (χ4n) is 1.37. The van der Waals surface area contributed by atoms with Crippen LogP contribution in [0.1, 0.15) is 11.4 Å². The van der Waals surface area contributed by atoms with Crippen molar-refractivity contribution in [1.82, 2.24) is 15.0 Å². The highest BCUT2D eigenvalue weighted by Gasteiger charge is 2.19. The third-order valence-electron chi connectivity index (χ3n) is 2.32. The van der Waals surface area contributed by atoms with E-state index in [-0.39, 0.29) is 15.9 Å². The Morgan fingerprint density at radius 2 is 2.06 bits per heavy atom. The van der Waals surface area contributed by atoms with Gasteiger partial charge in [0, 0.05) is 6.20 Å². The molecule has 0 atom stereocenters. The van der Waals surface area contributed by atoms with Gasteiger partial charge in [-0.1, -0.05) is 11.6 Å². The predicted octanol–water partition coefficient (Wildman–Crippen LogP) is 1.88. The zero-order valence-electron chi connectivity index (χ0n) is 9.73. The van der Waals surface area contributed by atoms with E-state index in [1.54, 1.807) is 19.9 Å². The Balaban J connectivity index is 2.40. The highest BCUT2D eigenvalue weighted by atomic mass is 35.5. The summed E-state index contributed by atoms with van der Waals surface area (Å²) >= 11 is 5.86. The first kappa shape index (κ1) is 12.8. The molecule has 0 aliphatic carbocycles. The fourth-order valence-corrected chi connectivity index (χ4v) is 2.79. The molecule has 0 radical (unpaired) electrons. The first-order valence-electron chi connectivity index (χ1n) is 5.05. The summed E-state index contributed by atoms with van der Waals surface area (Å²) in [7, 11) is -3.73. The summed E-state index contributed by atoms with van der Waals surface area (Å²) in [4.78, 5) is 10.3. The SMILES string of the molecule is Cc1ncc(S(=O)(=O)Nc2c(C)ccnc2Cl)[nH]1. The maximum absolute atomic E-state index is 12.1. The van der Waals surface area contributed by atoms with Gasteiger partial charge < -0.3 is 4.98 Å². The van der Waals surface area contributed by atoms with Gasteiger partial charge in [0.15, 0.2) is 10.2 Å². The van der Waals surface area contributed by atoms with Crippen LogP contribution in [-0.2, 0) is 10.0 Å². The van der Waals surface area contributed by atoms with Crippen molar-refractivity contribution in [2.24, 2.45) is 0 Å². The Labute approximate surface area is 109 Å². The molecule has 96 valence electrons. The molecular formula is C10H11ClN4O2S. The largest absolute Gasteiger partial charge is 0.332 e. The summed E-state index contributed by atoms with van der Waals surface area (Å²) in [6.07, 6.45) is 2.76. The van der Waals surface area contributed by atoms with Crippen LogP contribution in [0.2, 0.25) is 5.15 Å². The number of imidazole rings is 1. The van der Waals surface area contributed by atoms with Crippen LogP contribution >= 0.6 is 11.6 Å². The summed E-state index contributed by atoms with van der Waals surface area (Å²) in [5.41, 5.74) is 0.959. The molecule has 8 heteroatoms. The summed E-state index contributed by atoms with van der Waals surface area (Å²) in [6.45, 7) is 3.41. The molecule has 2 aromatic rings. The van der Waals surface area contributed by atoms with Crippen molar-refractivity contribution in [1.29, 1.82) is 0 Å². The normalized spacial score (nSPS) is 11.5. The Kier molecular flexibility index (Phi) is 3.27.